The lowest BCUT2D eigenvalue weighted by atomic mass is 10.1. The van der Waals surface area contributed by atoms with E-state index in [4.69, 9.17) is 11.5 Å². The zero-order valence-electron chi connectivity index (χ0n) is 12.3. The molecule has 0 bridgehead atoms. The quantitative estimate of drug-likeness (QED) is 0.654. The Bertz CT molecular complexity index is 722. The highest BCUT2D eigenvalue weighted by Crippen LogP contribution is 2.29. The van der Waals surface area contributed by atoms with E-state index >= 15 is 0 Å². The maximum Gasteiger partial charge on any atom is 0.185 e. The molecular weight excluding hydrogens is 272 g/mol. The van der Waals surface area contributed by atoms with Crippen LogP contribution in [0, 0.1) is 0 Å². The van der Waals surface area contributed by atoms with Crippen molar-refractivity contribution in [1.29, 1.82) is 0 Å². The van der Waals surface area contributed by atoms with Crippen LogP contribution in [0.2, 0.25) is 0 Å². The van der Waals surface area contributed by atoms with Crippen molar-refractivity contribution in [2.24, 2.45) is 0 Å². The summed E-state index contributed by atoms with van der Waals surface area (Å²) < 4.78 is 0. The predicted octanol–water partition coefficient (Wildman–Crippen LogP) is 3.68. The summed E-state index contributed by atoms with van der Waals surface area (Å²) in [6, 6.07) is 15.1. The Labute approximate surface area is 129 Å². The Morgan fingerprint density at radius 2 is 1.23 bits per heavy atom. The van der Waals surface area contributed by atoms with Gasteiger partial charge in [0.2, 0.25) is 0 Å². The fourth-order valence-electron chi connectivity index (χ4n) is 2.68. The number of carbonyl (C=O) groups is 1. The highest BCUT2D eigenvalue weighted by atomic mass is 16.1. The lowest BCUT2D eigenvalue weighted by Gasteiger charge is -1.99. The zero-order valence-corrected chi connectivity index (χ0v) is 12.3. The van der Waals surface area contributed by atoms with Crippen LogP contribution < -0.4 is 11.5 Å². The zero-order chi connectivity index (χ0) is 15.5. The van der Waals surface area contributed by atoms with Crippen LogP contribution in [0.15, 0.2) is 59.7 Å². The van der Waals surface area contributed by atoms with Gasteiger partial charge in [-0.1, -0.05) is 24.3 Å². The summed E-state index contributed by atoms with van der Waals surface area (Å²) in [4.78, 5) is 12.5. The summed E-state index contributed by atoms with van der Waals surface area (Å²) in [6.45, 7) is 0. The second-order valence-electron chi connectivity index (χ2n) is 5.51. The smallest absolute Gasteiger partial charge is 0.185 e. The van der Waals surface area contributed by atoms with Crippen molar-refractivity contribution in [3.8, 4) is 0 Å². The third-order valence-electron chi connectivity index (χ3n) is 3.75. The molecule has 3 rings (SSSR count). The van der Waals surface area contributed by atoms with Crippen LogP contribution in [0.3, 0.4) is 0 Å². The molecule has 0 amide bonds. The van der Waals surface area contributed by atoms with Crippen LogP contribution in [0.5, 0.6) is 0 Å². The number of nitrogens with two attached hydrogens (primary N) is 2. The predicted molar refractivity (Wildman–Crippen MR) is 91.9 cm³/mol. The van der Waals surface area contributed by atoms with Gasteiger partial charge in [0, 0.05) is 22.5 Å². The molecule has 0 saturated heterocycles. The Morgan fingerprint density at radius 1 is 0.773 bits per heavy atom. The van der Waals surface area contributed by atoms with Gasteiger partial charge >= 0.3 is 0 Å². The van der Waals surface area contributed by atoms with Crippen LogP contribution >= 0.6 is 0 Å². The SMILES string of the molecule is Nc1cccc(C=C2CCC(=Cc3cccc(N)c3)C2=O)c1. The summed E-state index contributed by atoms with van der Waals surface area (Å²) >= 11 is 0. The molecule has 22 heavy (non-hydrogen) atoms. The van der Waals surface area contributed by atoms with E-state index in [1.165, 1.54) is 0 Å². The van der Waals surface area contributed by atoms with Crippen molar-refractivity contribution in [2.75, 3.05) is 11.5 Å². The number of ketones is 1. The average Bonchev–Trinajstić information content (AvgIpc) is 2.80. The first-order valence-electron chi connectivity index (χ1n) is 7.29. The van der Waals surface area contributed by atoms with Crippen molar-refractivity contribution in [2.45, 2.75) is 12.8 Å². The largest absolute Gasteiger partial charge is 0.399 e. The average molecular weight is 290 g/mol. The summed E-state index contributed by atoms with van der Waals surface area (Å²) in [7, 11) is 0. The molecule has 4 N–H and O–H groups in total. The van der Waals surface area contributed by atoms with Crippen LogP contribution in [0.4, 0.5) is 11.4 Å². The molecule has 3 nitrogen and oxygen atoms in total. The normalized spacial score (nSPS) is 18.3. The highest BCUT2D eigenvalue weighted by molar-refractivity contribution is 6.15. The minimum Gasteiger partial charge on any atom is -0.399 e. The molecule has 1 aliphatic carbocycles. The van der Waals surface area contributed by atoms with Crippen LogP contribution in [0.1, 0.15) is 24.0 Å². The number of allylic oxidation sites excluding steroid dienone is 2. The molecule has 0 spiro atoms. The monoisotopic (exact) mass is 290 g/mol. The Kier molecular flexibility index (Phi) is 3.79. The minimum absolute atomic E-state index is 0.116. The number of benzene rings is 2. The van der Waals surface area contributed by atoms with Crippen LogP contribution in [-0.4, -0.2) is 5.78 Å². The fraction of sp³-hybridized carbons (Fsp3) is 0.105. The first-order valence-corrected chi connectivity index (χ1v) is 7.29. The first kappa shape index (κ1) is 14.1. The molecule has 2 aromatic carbocycles. The molecule has 0 aromatic heterocycles. The van der Waals surface area contributed by atoms with Gasteiger partial charge in [-0.3, -0.25) is 4.79 Å². The molecule has 3 heteroatoms. The number of rotatable bonds is 2. The van der Waals surface area contributed by atoms with Crippen molar-refractivity contribution < 1.29 is 4.79 Å². The molecule has 0 atom stereocenters. The van der Waals surface area contributed by atoms with Crippen molar-refractivity contribution in [3.05, 3.63) is 70.8 Å². The number of hydrogen-bond donors (Lipinski definition) is 2. The van der Waals surface area contributed by atoms with E-state index in [2.05, 4.69) is 0 Å². The molecule has 2 aromatic rings. The van der Waals surface area contributed by atoms with E-state index in [1.807, 2.05) is 60.7 Å². The highest BCUT2D eigenvalue weighted by Gasteiger charge is 2.22. The molecule has 0 radical (unpaired) electrons. The lowest BCUT2D eigenvalue weighted by Crippen LogP contribution is -1.96. The number of nitrogen functional groups attached to an aromatic ring is 2. The number of hydrogen-bond acceptors (Lipinski definition) is 3. The van der Waals surface area contributed by atoms with E-state index < -0.39 is 0 Å². The minimum atomic E-state index is 0.116. The van der Waals surface area contributed by atoms with E-state index in [9.17, 15) is 4.79 Å². The molecule has 0 aliphatic heterocycles. The van der Waals surface area contributed by atoms with Gasteiger partial charge in [-0.2, -0.15) is 0 Å². The molecule has 0 unspecified atom stereocenters. The fourth-order valence-corrected chi connectivity index (χ4v) is 2.68. The Morgan fingerprint density at radius 3 is 1.64 bits per heavy atom. The topological polar surface area (TPSA) is 69.1 Å². The van der Waals surface area contributed by atoms with Gasteiger partial charge in [-0.05, 0) is 60.4 Å². The summed E-state index contributed by atoms with van der Waals surface area (Å²) in [6.07, 6.45) is 5.39. The van der Waals surface area contributed by atoms with E-state index in [-0.39, 0.29) is 5.78 Å². The van der Waals surface area contributed by atoms with Crippen molar-refractivity contribution in [1.82, 2.24) is 0 Å². The van der Waals surface area contributed by atoms with Crippen molar-refractivity contribution >= 4 is 29.3 Å². The first-order chi connectivity index (χ1) is 10.6. The van der Waals surface area contributed by atoms with Gasteiger partial charge in [0.25, 0.3) is 0 Å². The molecular formula is C19H18N2O. The van der Waals surface area contributed by atoms with Crippen LogP contribution in [-0.2, 0) is 4.79 Å². The van der Waals surface area contributed by atoms with Crippen molar-refractivity contribution in [3.63, 3.8) is 0 Å². The lowest BCUT2D eigenvalue weighted by molar-refractivity contribution is -0.111. The molecule has 1 fully saturated rings. The maximum absolute atomic E-state index is 12.5. The maximum atomic E-state index is 12.5. The van der Waals surface area contributed by atoms with Gasteiger partial charge in [-0.25, -0.2) is 0 Å². The third-order valence-corrected chi connectivity index (χ3v) is 3.75. The second kappa shape index (κ2) is 5.90. The standard InChI is InChI=1S/C19H18N2O/c20-17-5-1-3-13(11-17)9-15-7-8-16(19(15)22)10-14-4-2-6-18(21)12-14/h1-6,9-12H,7-8,20-21H2. The molecule has 0 heterocycles. The summed E-state index contributed by atoms with van der Waals surface area (Å²) in [5.74, 6) is 0.116. The Balaban J connectivity index is 1.86. The van der Waals surface area contributed by atoms with Gasteiger partial charge in [-0.15, -0.1) is 0 Å². The number of carbonyl (C=O) groups excluding carboxylic acids is 1. The van der Waals surface area contributed by atoms with Gasteiger partial charge in [0.1, 0.15) is 0 Å². The van der Waals surface area contributed by atoms with E-state index in [0.717, 1.165) is 35.1 Å². The second-order valence-corrected chi connectivity index (χ2v) is 5.51. The van der Waals surface area contributed by atoms with Gasteiger partial charge < -0.3 is 11.5 Å². The summed E-state index contributed by atoms with van der Waals surface area (Å²) in [5, 5.41) is 0. The van der Waals surface area contributed by atoms with Gasteiger partial charge in [0.15, 0.2) is 5.78 Å². The third kappa shape index (κ3) is 3.09. The number of anilines is 2. The molecule has 1 aliphatic rings. The Hall–Kier alpha value is -2.81. The number of Topliss-reactive ketones (excluding diaryl/α,β-unsaturated/α-hetero) is 1. The van der Waals surface area contributed by atoms with Crippen LogP contribution in [0.25, 0.3) is 12.2 Å². The molecule has 1 saturated carbocycles. The van der Waals surface area contributed by atoms with E-state index in [1.54, 1.807) is 0 Å². The summed E-state index contributed by atoms with van der Waals surface area (Å²) in [5.41, 5.74) is 16.6. The van der Waals surface area contributed by atoms with E-state index in [0.29, 0.717) is 11.4 Å². The molecule has 110 valence electrons. The van der Waals surface area contributed by atoms with Gasteiger partial charge in [0.05, 0.1) is 0 Å².